The molecule has 0 saturated carbocycles. The fraction of sp³-hybridized carbons (Fsp3) is 0.600. The molecule has 1 unspecified atom stereocenters. The quantitative estimate of drug-likeness (QED) is 0.418. The molecule has 78 valence electrons. The molecule has 0 spiro atoms. The summed E-state index contributed by atoms with van der Waals surface area (Å²) in [5, 5.41) is 8.33. The smallest absolute Gasteiger partial charge is 0.418 e. The van der Waals surface area contributed by atoms with Gasteiger partial charge >= 0.3 is 11.9 Å². The summed E-state index contributed by atoms with van der Waals surface area (Å²) in [5.41, 5.74) is -1.14. The van der Waals surface area contributed by atoms with Crippen LogP contribution in [0.1, 0.15) is 27.2 Å². The first-order valence-electron chi connectivity index (χ1n) is 4.25. The maximum Gasteiger partial charge on any atom is 0.418 e. The van der Waals surface area contributed by atoms with Crippen molar-refractivity contribution in [1.29, 1.82) is 0 Å². The van der Waals surface area contributed by atoms with Crippen LogP contribution in [-0.2, 0) is 14.3 Å². The van der Waals surface area contributed by atoms with E-state index in [1.807, 2.05) is 13.8 Å². The Labute approximate surface area is 83.3 Å². The highest BCUT2D eigenvalue weighted by atomic mass is 16.6. The van der Waals surface area contributed by atoms with E-state index in [1.54, 1.807) is 0 Å². The highest BCUT2D eigenvalue weighted by Gasteiger charge is 2.30. The molecule has 0 aliphatic carbocycles. The molecular formula is C10H14O4. The van der Waals surface area contributed by atoms with Crippen molar-refractivity contribution in [1.82, 2.24) is 0 Å². The van der Waals surface area contributed by atoms with Crippen molar-refractivity contribution in [2.45, 2.75) is 32.8 Å². The van der Waals surface area contributed by atoms with Crippen LogP contribution in [0.3, 0.4) is 0 Å². The summed E-state index contributed by atoms with van der Waals surface area (Å²) in [7, 11) is 0. The van der Waals surface area contributed by atoms with Gasteiger partial charge in [-0.25, -0.2) is 9.59 Å². The summed E-state index contributed by atoms with van der Waals surface area (Å²) in [6, 6.07) is 0. The standard InChI is InChI=1S/C10H14O4/c1-5-10(4,6-7(2)3)14-9(13)8(11)12/h1,7H,6H2,2-4H3,(H,11,12). The van der Waals surface area contributed by atoms with E-state index in [1.165, 1.54) is 6.92 Å². The normalized spacial score (nSPS) is 14.2. The van der Waals surface area contributed by atoms with Gasteiger partial charge in [-0.05, 0) is 12.8 Å². The minimum Gasteiger partial charge on any atom is -0.473 e. The van der Waals surface area contributed by atoms with Crippen LogP contribution in [0.15, 0.2) is 0 Å². The molecule has 1 N–H and O–H groups in total. The first-order valence-corrected chi connectivity index (χ1v) is 4.25. The number of ether oxygens (including phenoxy) is 1. The van der Waals surface area contributed by atoms with Crippen molar-refractivity contribution in [3.05, 3.63) is 0 Å². The Kier molecular flexibility index (Phi) is 4.16. The zero-order chi connectivity index (χ0) is 11.4. The number of hydrogen-bond donors (Lipinski definition) is 1. The van der Waals surface area contributed by atoms with Crippen LogP contribution < -0.4 is 0 Å². The van der Waals surface area contributed by atoms with Crippen LogP contribution in [0.4, 0.5) is 0 Å². The first kappa shape index (κ1) is 12.5. The molecule has 0 bridgehead atoms. The van der Waals surface area contributed by atoms with E-state index in [-0.39, 0.29) is 5.92 Å². The Balaban J connectivity index is 4.50. The molecule has 0 heterocycles. The van der Waals surface area contributed by atoms with Gasteiger partial charge in [0.25, 0.3) is 0 Å². The molecule has 0 fully saturated rings. The number of esters is 1. The summed E-state index contributed by atoms with van der Waals surface area (Å²) in [5.74, 6) is -0.434. The fourth-order valence-corrected chi connectivity index (χ4v) is 1.16. The maximum absolute atomic E-state index is 10.8. The Hall–Kier alpha value is -1.50. The van der Waals surface area contributed by atoms with Gasteiger partial charge in [0.05, 0.1) is 0 Å². The Morgan fingerprint density at radius 1 is 1.57 bits per heavy atom. The number of carboxylic acid groups (broad SMARTS) is 1. The molecule has 0 rings (SSSR count). The molecule has 4 heteroatoms. The number of carbonyl (C=O) groups is 2. The Morgan fingerprint density at radius 3 is 2.36 bits per heavy atom. The molecule has 1 atom stereocenters. The average molecular weight is 198 g/mol. The molecule has 0 aliphatic rings. The Bertz CT molecular complexity index is 274. The van der Waals surface area contributed by atoms with Crippen LogP contribution >= 0.6 is 0 Å². The highest BCUT2D eigenvalue weighted by Crippen LogP contribution is 2.20. The van der Waals surface area contributed by atoms with Crippen molar-refractivity contribution < 1.29 is 19.4 Å². The van der Waals surface area contributed by atoms with Crippen molar-refractivity contribution in [3.8, 4) is 12.3 Å². The third-order valence-corrected chi connectivity index (χ3v) is 1.60. The van der Waals surface area contributed by atoms with Crippen LogP contribution in [0.25, 0.3) is 0 Å². The molecule has 14 heavy (non-hydrogen) atoms. The average Bonchev–Trinajstić information content (AvgIpc) is 2.02. The number of carbonyl (C=O) groups excluding carboxylic acids is 1. The SMILES string of the molecule is C#CC(C)(CC(C)C)OC(=O)C(=O)O. The van der Waals surface area contributed by atoms with Crippen molar-refractivity contribution >= 4 is 11.9 Å². The predicted molar refractivity (Wildman–Crippen MR) is 50.4 cm³/mol. The lowest BCUT2D eigenvalue weighted by Gasteiger charge is -2.24. The van der Waals surface area contributed by atoms with Gasteiger partial charge in [-0.15, -0.1) is 6.42 Å². The molecule has 4 nitrogen and oxygen atoms in total. The summed E-state index contributed by atoms with van der Waals surface area (Å²) >= 11 is 0. The largest absolute Gasteiger partial charge is 0.473 e. The van der Waals surface area contributed by atoms with Crippen LogP contribution in [0, 0.1) is 18.3 Å². The maximum atomic E-state index is 10.8. The van der Waals surface area contributed by atoms with Gasteiger partial charge < -0.3 is 9.84 Å². The van der Waals surface area contributed by atoms with Gasteiger partial charge in [0, 0.05) is 6.42 Å². The minimum absolute atomic E-state index is 0.220. The minimum atomic E-state index is -1.63. The van der Waals surface area contributed by atoms with Crippen LogP contribution in [0.5, 0.6) is 0 Å². The Morgan fingerprint density at radius 2 is 2.07 bits per heavy atom. The monoisotopic (exact) mass is 198 g/mol. The summed E-state index contributed by atoms with van der Waals surface area (Å²) in [6.07, 6.45) is 5.62. The third-order valence-electron chi connectivity index (χ3n) is 1.60. The number of aliphatic carboxylic acids is 1. The molecule has 0 aliphatic heterocycles. The summed E-state index contributed by atoms with van der Waals surface area (Å²) in [6.45, 7) is 5.34. The van der Waals surface area contributed by atoms with Gasteiger partial charge in [-0.3, -0.25) is 0 Å². The van der Waals surface area contributed by atoms with Crippen molar-refractivity contribution in [2.24, 2.45) is 5.92 Å². The van der Waals surface area contributed by atoms with E-state index in [4.69, 9.17) is 11.5 Å². The lowest BCUT2D eigenvalue weighted by molar-refractivity contribution is -0.170. The van der Waals surface area contributed by atoms with E-state index in [0.29, 0.717) is 6.42 Å². The molecule has 0 aromatic heterocycles. The lowest BCUT2D eigenvalue weighted by Crippen LogP contribution is -2.34. The second-order valence-electron chi connectivity index (χ2n) is 3.67. The van der Waals surface area contributed by atoms with E-state index in [0.717, 1.165) is 0 Å². The third kappa shape index (κ3) is 3.94. The zero-order valence-electron chi connectivity index (χ0n) is 8.53. The second-order valence-corrected chi connectivity index (χ2v) is 3.67. The van der Waals surface area contributed by atoms with Crippen molar-refractivity contribution in [2.75, 3.05) is 0 Å². The highest BCUT2D eigenvalue weighted by molar-refractivity contribution is 6.28. The molecule has 0 radical (unpaired) electrons. The predicted octanol–water partition coefficient (Wildman–Crippen LogP) is 1.05. The molecular weight excluding hydrogens is 184 g/mol. The van der Waals surface area contributed by atoms with E-state index in [2.05, 4.69) is 10.7 Å². The van der Waals surface area contributed by atoms with E-state index >= 15 is 0 Å². The zero-order valence-corrected chi connectivity index (χ0v) is 8.53. The molecule has 0 saturated heterocycles. The first-order chi connectivity index (χ1) is 6.30. The fourth-order valence-electron chi connectivity index (χ4n) is 1.16. The lowest BCUT2D eigenvalue weighted by atomic mass is 9.95. The topological polar surface area (TPSA) is 63.6 Å². The molecule has 0 aromatic rings. The van der Waals surface area contributed by atoms with Gasteiger partial charge in [0.2, 0.25) is 0 Å². The van der Waals surface area contributed by atoms with E-state index in [9.17, 15) is 9.59 Å². The van der Waals surface area contributed by atoms with Crippen molar-refractivity contribution in [3.63, 3.8) is 0 Å². The van der Waals surface area contributed by atoms with Gasteiger partial charge in [0.1, 0.15) is 0 Å². The van der Waals surface area contributed by atoms with Gasteiger partial charge in [-0.1, -0.05) is 19.8 Å². The van der Waals surface area contributed by atoms with E-state index < -0.39 is 17.5 Å². The number of hydrogen-bond acceptors (Lipinski definition) is 3. The van der Waals surface area contributed by atoms with Gasteiger partial charge in [0.15, 0.2) is 5.60 Å². The number of terminal acetylenes is 1. The molecule has 0 amide bonds. The molecule has 0 aromatic carbocycles. The summed E-state index contributed by atoms with van der Waals surface area (Å²) in [4.78, 5) is 21.0. The van der Waals surface area contributed by atoms with Crippen LogP contribution in [0.2, 0.25) is 0 Å². The number of carboxylic acids is 1. The van der Waals surface area contributed by atoms with Crippen LogP contribution in [-0.4, -0.2) is 22.6 Å². The summed E-state index contributed by atoms with van der Waals surface area (Å²) < 4.78 is 4.68. The van der Waals surface area contributed by atoms with Gasteiger partial charge in [-0.2, -0.15) is 0 Å². The number of rotatable bonds is 3. The second kappa shape index (κ2) is 4.66.